The van der Waals surface area contributed by atoms with Crippen molar-refractivity contribution in [1.29, 1.82) is 0 Å². The van der Waals surface area contributed by atoms with Gasteiger partial charge in [0.2, 0.25) is 0 Å². The zero-order valence-corrected chi connectivity index (χ0v) is 7.62. The van der Waals surface area contributed by atoms with E-state index in [1.807, 2.05) is 6.34 Å². The van der Waals surface area contributed by atoms with E-state index in [-0.39, 0.29) is 0 Å². The van der Waals surface area contributed by atoms with Gasteiger partial charge in [0.25, 0.3) is 0 Å². The van der Waals surface area contributed by atoms with Crippen LogP contribution in [0.2, 0.25) is 0 Å². The molecule has 0 aromatic carbocycles. The van der Waals surface area contributed by atoms with E-state index >= 15 is 0 Å². The minimum Gasteiger partial charge on any atom is -0.343 e. The molecule has 1 atom stereocenters. The van der Waals surface area contributed by atoms with Crippen molar-refractivity contribution in [2.45, 2.75) is 32.9 Å². The van der Waals surface area contributed by atoms with Gasteiger partial charge in [-0.3, -0.25) is 5.01 Å². The molecule has 1 heterocycles. The first-order valence-electron chi connectivity index (χ1n) is 4.32. The van der Waals surface area contributed by atoms with Crippen LogP contribution in [0.25, 0.3) is 0 Å². The third-order valence-electron chi connectivity index (χ3n) is 2.01. The normalized spacial score (nSPS) is 23.4. The predicted molar refractivity (Wildman–Crippen MR) is 47.3 cm³/mol. The largest absolute Gasteiger partial charge is 0.343 e. The highest BCUT2D eigenvalue weighted by Gasteiger charge is 2.21. The van der Waals surface area contributed by atoms with Crippen molar-refractivity contribution in [3.8, 4) is 0 Å². The van der Waals surface area contributed by atoms with Gasteiger partial charge in [-0.05, 0) is 12.8 Å². The standard InChI is InChI=1S/C8H17N3/c1-4-6-11-8(5-2)10(3)7-9-11/h7-8H,4-6H2,1-3H3. The summed E-state index contributed by atoms with van der Waals surface area (Å²) in [4.78, 5) is 2.16. The van der Waals surface area contributed by atoms with Gasteiger partial charge in [0.15, 0.2) is 0 Å². The van der Waals surface area contributed by atoms with Crippen molar-refractivity contribution in [2.75, 3.05) is 13.6 Å². The molecule has 0 fully saturated rings. The second-order valence-corrected chi connectivity index (χ2v) is 2.95. The summed E-state index contributed by atoms with van der Waals surface area (Å²) in [5, 5.41) is 6.45. The minimum absolute atomic E-state index is 0.495. The van der Waals surface area contributed by atoms with Crippen molar-refractivity contribution in [2.24, 2.45) is 5.10 Å². The highest BCUT2D eigenvalue weighted by Crippen LogP contribution is 2.13. The smallest absolute Gasteiger partial charge is 0.118 e. The van der Waals surface area contributed by atoms with Crippen LogP contribution in [0.15, 0.2) is 5.10 Å². The first-order valence-corrected chi connectivity index (χ1v) is 4.32. The lowest BCUT2D eigenvalue weighted by Crippen LogP contribution is -2.36. The van der Waals surface area contributed by atoms with Crippen LogP contribution in [0.4, 0.5) is 0 Å². The Bertz CT molecular complexity index is 144. The molecule has 1 rings (SSSR count). The molecule has 0 aliphatic carbocycles. The van der Waals surface area contributed by atoms with Crippen LogP contribution < -0.4 is 0 Å². The fourth-order valence-electron chi connectivity index (χ4n) is 1.45. The molecule has 0 bridgehead atoms. The summed E-state index contributed by atoms with van der Waals surface area (Å²) < 4.78 is 0. The Morgan fingerprint density at radius 2 is 2.18 bits per heavy atom. The van der Waals surface area contributed by atoms with Crippen molar-refractivity contribution in [3.05, 3.63) is 0 Å². The lowest BCUT2D eigenvalue weighted by atomic mass is 10.3. The van der Waals surface area contributed by atoms with Crippen molar-refractivity contribution in [3.63, 3.8) is 0 Å². The molecule has 0 radical (unpaired) electrons. The van der Waals surface area contributed by atoms with Crippen LogP contribution in [-0.4, -0.2) is 36.0 Å². The van der Waals surface area contributed by atoms with Crippen molar-refractivity contribution < 1.29 is 0 Å². The maximum atomic E-state index is 4.29. The summed E-state index contributed by atoms with van der Waals surface area (Å²) in [6, 6.07) is 0. The zero-order chi connectivity index (χ0) is 8.27. The fourth-order valence-corrected chi connectivity index (χ4v) is 1.45. The molecule has 64 valence electrons. The molecule has 0 saturated carbocycles. The van der Waals surface area contributed by atoms with Crippen LogP contribution in [0, 0.1) is 0 Å². The predicted octanol–water partition coefficient (Wildman–Crippen LogP) is 1.32. The summed E-state index contributed by atoms with van der Waals surface area (Å²) >= 11 is 0. The van der Waals surface area contributed by atoms with Gasteiger partial charge in [-0.2, -0.15) is 5.10 Å². The van der Waals surface area contributed by atoms with Crippen molar-refractivity contribution >= 4 is 6.34 Å². The Balaban J connectivity index is 2.46. The zero-order valence-electron chi connectivity index (χ0n) is 7.62. The maximum Gasteiger partial charge on any atom is 0.118 e. The molecule has 0 aromatic heterocycles. The van der Waals surface area contributed by atoms with Gasteiger partial charge in [0, 0.05) is 13.6 Å². The second kappa shape index (κ2) is 3.60. The summed E-state index contributed by atoms with van der Waals surface area (Å²) in [6.45, 7) is 5.44. The van der Waals surface area contributed by atoms with Gasteiger partial charge >= 0.3 is 0 Å². The third kappa shape index (κ3) is 1.64. The molecular weight excluding hydrogens is 138 g/mol. The van der Waals surface area contributed by atoms with Crippen LogP contribution in [-0.2, 0) is 0 Å². The van der Waals surface area contributed by atoms with E-state index in [0.717, 1.165) is 13.0 Å². The highest BCUT2D eigenvalue weighted by molar-refractivity contribution is 5.56. The number of rotatable bonds is 3. The van der Waals surface area contributed by atoms with E-state index in [1.165, 1.54) is 6.42 Å². The van der Waals surface area contributed by atoms with Crippen LogP contribution in [0.3, 0.4) is 0 Å². The Labute approximate surface area is 68.7 Å². The van der Waals surface area contributed by atoms with Gasteiger partial charge in [-0.15, -0.1) is 0 Å². The first-order chi connectivity index (χ1) is 5.29. The highest BCUT2D eigenvalue weighted by atomic mass is 15.6. The summed E-state index contributed by atoms with van der Waals surface area (Å²) in [5.74, 6) is 0. The fraction of sp³-hybridized carbons (Fsp3) is 0.875. The number of hydrazone groups is 1. The Hall–Kier alpha value is -0.730. The Morgan fingerprint density at radius 3 is 2.73 bits per heavy atom. The molecule has 0 saturated heterocycles. The van der Waals surface area contributed by atoms with E-state index in [0.29, 0.717) is 6.17 Å². The van der Waals surface area contributed by atoms with Crippen molar-refractivity contribution in [1.82, 2.24) is 9.91 Å². The second-order valence-electron chi connectivity index (χ2n) is 2.95. The molecule has 11 heavy (non-hydrogen) atoms. The van der Waals surface area contributed by atoms with E-state index in [4.69, 9.17) is 0 Å². The van der Waals surface area contributed by atoms with E-state index in [2.05, 4.69) is 35.9 Å². The molecule has 0 spiro atoms. The number of hydrogen-bond acceptors (Lipinski definition) is 3. The van der Waals surface area contributed by atoms with E-state index in [9.17, 15) is 0 Å². The molecule has 0 aromatic rings. The van der Waals surface area contributed by atoms with Gasteiger partial charge < -0.3 is 4.90 Å². The minimum atomic E-state index is 0.495. The molecule has 3 nitrogen and oxygen atoms in total. The molecule has 0 N–H and O–H groups in total. The summed E-state index contributed by atoms with van der Waals surface area (Å²) in [7, 11) is 2.08. The molecule has 3 heteroatoms. The first kappa shape index (κ1) is 8.37. The van der Waals surface area contributed by atoms with Crippen LogP contribution in [0.5, 0.6) is 0 Å². The molecular formula is C8H17N3. The lowest BCUT2D eigenvalue weighted by molar-refractivity contribution is 0.143. The lowest BCUT2D eigenvalue weighted by Gasteiger charge is -2.26. The van der Waals surface area contributed by atoms with Gasteiger partial charge in [-0.25, -0.2) is 0 Å². The van der Waals surface area contributed by atoms with E-state index in [1.54, 1.807) is 0 Å². The molecule has 1 unspecified atom stereocenters. The summed E-state index contributed by atoms with van der Waals surface area (Å²) in [5.41, 5.74) is 0. The quantitative estimate of drug-likeness (QED) is 0.612. The monoisotopic (exact) mass is 155 g/mol. The van der Waals surface area contributed by atoms with Crippen LogP contribution in [0.1, 0.15) is 26.7 Å². The Morgan fingerprint density at radius 1 is 1.45 bits per heavy atom. The van der Waals surface area contributed by atoms with Gasteiger partial charge in [0.05, 0.1) is 0 Å². The van der Waals surface area contributed by atoms with Crippen LogP contribution >= 0.6 is 0 Å². The van der Waals surface area contributed by atoms with Gasteiger partial charge in [-0.1, -0.05) is 13.8 Å². The average molecular weight is 155 g/mol. The summed E-state index contributed by atoms with van der Waals surface area (Å²) in [6.07, 6.45) is 4.71. The van der Waals surface area contributed by atoms with Gasteiger partial charge in [0.1, 0.15) is 12.5 Å². The van der Waals surface area contributed by atoms with E-state index < -0.39 is 0 Å². The topological polar surface area (TPSA) is 18.8 Å². The number of hydrogen-bond donors (Lipinski definition) is 0. The molecule has 0 amide bonds. The maximum absolute atomic E-state index is 4.29. The average Bonchev–Trinajstić information content (AvgIpc) is 2.33. The SMILES string of the molecule is CCCN1N=CN(C)C1CC. The Kier molecular flexibility index (Phi) is 2.74. The molecule has 1 aliphatic rings. The third-order valence-corrected chi connectivity index (χ3v) is 2.01. The molecule has 1 aliphatic heterocycles. The number of nitrogens with zero attached hydrogens (tertiary/aromatic N) is 3.